The van der Waals surface area contributed by atoms with Crippen LogP contribution in [0.15, 0.2) is 37.0 Å². The van der Waals surface area contributed by atoms with Crippen molar-refractivity contribution in [2.75, 3.05) is 19.8 Å². The molecule has 0 bridgehead atoms. The van der Waals surface area contributed by atoms with E-state index in [2.05, 4.69) is 19.7 Å². The second kappa shape index (κ2) is 7.09. The third-order valence-corrected chi connectivity index (χ3v) is 1.25. The summed E-state index contributed by atoms with van der Waals surface area (Å²) < 4.78 is 9.88. The largest absolute Gasteiger partial charge is 0.458 e. The molecule has 0 heterocycles. The highest BCUT2D eigenvalue weighted by Crippen LogP contribution is 1.98. The fourth-order valence-electron chi connectivity index (χ4n) is 0.615. The van der Waals surface area contributed by atoms with E-state index in [4.69, 9.17) is 9.47 Å². The van der Waals surface area contributed by atoms with Crippen LogP contribution < -0.4 is 0 Å². The van der Waals surface area contributed by atoms with Crippen LogP contribution in [0.4, 0.5) is 0 Å². The van der Waals surface area contributed by atoms with E-state index in [9.17, 15) is 4.79 Å². The van der Waals surface area contributed by atoms with Gasteiger partial charge in [-0.15, -0.1) is 6.58 Å². The van der Waals surface area contributed by atoms with Gasteiger partial charge in [0.1, 0.15) is 6.61 Å². The zero-order valence-electron chi connectivity index (χ0n) is 8.54. The Labute approximate surface area is 84.7 Å². The average Bonchev–Trinajstić information content (AvgIpc) is 2.14. The maximum absolute atomic E-state index is 11.2. The number of ether oxygens (including phenoxy) is 2. The molecule has 0 atom stereocenters. The van der Waals surface area contributed by atoms with E-state index >= 15 is 0 Å². The first kappa shape index (κ1) is 12.7. The molecule has 0 fully saturated rings. The Bertz CT molecular complexity index is 241. The summed E-state index contributed by atoms with van der Waals surface area (Å²) in [5.74, 6) is -0.447. The summed E-state index contributed by atoms with van der Waals surface area (Å²) in [7, 11) is 0. The predicted octanol–water partition coefficient (Wildman–Crippen LogP) is 1.86. The fourth-order valence-corrected chi connectivity index (χ4v) is 0.615. The minimum absolute atomic E-state index is 0.168. The summed E-state index contributed by atoms with van der Waals surface area (Å²) >= 11 is 0. The molecule has 0 amide bonds. The molecule has 3 heteroatoms. The van der Waals surface area contributed by atoms with Crippen LogP contribution in [-0.4, -0.2) is 25.8 Å². The molecule has 0 rings (SSSR count). The van der Waals surface area contributed by atoms with Gasteiger partial charge < -0.3 is 9.47 Å². The zero-order chi connectivity index (χ0) is 11.0. The lowest BCUT2D eigenvalue weighted by Gasteiger charge is -2.06. The molecule has 3 nitrogen and oxygen atoms in total. The van der Waals surface area contributed by atoms with Crippen LogP contribution in [0.25, 0.3) is 0 Å². The van der Waals surface area contributed by atoms with E-state index in [1.54, 1.807) is 13.0 Å². The SMILES string of the molecule is C=CCOCC(=C)C(=O)OCC(=C)C. The molecule has 0 unspecified atom stereocenters. The lowest BCUT2D eigenvalue weighted by molar-refractivity contribution is -0.138. The number of hydrogen-bond acceptors (Lipinski definition) is 3. The quantitative estimate of drug-likeness (QED) is 0.270. The molecule has 0 aliphatic heterocycles. The Hall–Kier alpha value is -1.35. The van der Waals surface area contributed by atoms with Gasteiger partial charge in [0.15, 0.2) is 0 Å². The van der Waals surface area contributed by atoms with E-state index in [0.717, 1.165) is 5.57 Å². The number of carbonyl (C=O) groups excluding carboxylic acids is 1. The molecule has 0 aromatic heterocycles. The fraction of sp³-hybridized carbons (Fsp3) is 0.364. The van der Waals surface area contributed by atoms with Crippen molar-refractivity contribution in [3.8, 4) is 0 Å². The lowest BCUT2D eigenvalue weighted by Crippen LogP contribution is -2.12. The topological polar surface area (TPSA) is 35.5 Å². The van der Waals surface area contributed by atoms with Gasteiger partial charge in [0.05, 0.1) is 18.8 Å². The highest BCUT2D eigenvalue weighted by molar-refractivity contribution is 5.88. The Morgan fingerprint density at radius 1 is 1.36 bits per heavy atom. The summed E-state index contributed by atoms with van der Waals surface area (Å²) in [6.45, 7) is 13.2. The lowest BCUT2D eigenvalue weighted by atomic mass is 10.3. The minimum Gasteiger partial charge on any atom is -0.458 e. The van der Waals surface area contributed by atoms with Crippen molar-refractivity contribution in [2.45, 2.75) is 6.92 Å². The molecule has 0 aliphatic rings. The van der Waals surface area contributed by atoms with Gasteiger partial charge >= 0.3 is 5.97 Å². The molecular formula is C11H16O3. The number of esters is 1. The zero-order valence-corrected chi connectivity index (χ0v) is 8.54. The summed E-state index contributed by atoms with van der Waals surface area (Å²) in [5.41, 5.74) is 1.09. The molecule has 14 heavy (non-hydrogen) atoms. The second-order valence-electron chi connectivity index (χ2n) is 2.94. The first-order chi connectivity index (χ1) is 6.57. The monoisotopic (exact) mass is 196 g/mol. The van der Waals surface area contributed by atoms with Crippen LogP contribution in [0.5, 0.6) is 0 Å². The predicted molar refractivity (Wildman–Crippen MR) is 55.9 cm³/mol. The van der Waals surface area contributed by atoms with Gasteiger partial charge in [-0.3, -0.25) is 0 Å². The second-order valence-corrected chi connectivity index (χ2v) is 2.94. The van der Waals surface area contributed by atoms with Crippen molar-refractivity contribution in [2.24, 2.45) is 0 Å². The van der Waals surface area contributed by atoms with Gasteiger partial charge in [-0.1, -0.05) is 19.2 Å². The minimum atomic E-state index is -0.447. The summed E-state index contributed by atoms with van der Waals surface area (Å²) in [6, 6.07) is 0. The third kappa shape index (κ3) is 6.20. The Kier molecular flexibility index (Phi) is 6.41. The van der Waals surface area contributed by atoms with E-state index in [0.29, 0.717) is 12.2 Å². The molecule has 0 saturated heterocycles. The maximum Gasteiger partial charge on any atom is 0.336 e. The van der Waals surface area contributed by atoms with Crippen molar-refractivity contribution < 1.29 is 14.3 Å². The third-order valence-electron chi connectivity index (χ3n) is 1.25. The van der Waals surface area contributed by atoms with Crippen LogP contribution in [0, 0.1) is 0 Å². The van der Waals surface area contributed by atoms with Crippen molar-refractivity contribution >= 4 is 5.97 Å². The van der Waals surface area contributed by atoms with Crippen molar-refractivity contribution in [3.63, 3.8) is 0 Å². The van der Waals surface area contributed by atoms with Gasteiger partial charge in [0.25, 0.3) is 0 Å². The number of hydrogen-bond donors (Lipinski definition) is 0. The van der Waals surface area contributed by atoms with Crippen LogP contribution >= 0.6 is 0 Å². The Balaban J connectivity index is 3.70. The van der Waals surface area contributed by atoms with Gasteiger partial charge in [-0.25, -0.2) is 4.79 Å². The standard InChI is InChI=1S/C11H16O3/c1-5-6-13-8-10(4)11(12)14-7-9(2)3/h5H,1-2,4,6-8H2,3H3. The van der Waals surface area contributed by atoms with Crippen LogP contribution in [0.1, 0.15) is 6.92 Å². The molecule has 0 aliphatic carbocycles. The van der Waals surface area contributed by atoms with Gasteiger partial charge in [0.2, 0.25) is 0 Å². The van der Waals surface area contributed by atoms with Crippen molar-refractivity contribution in [1.29, 1.82) is 0 Å². The molecule has 0 N–H and O–H groups in total. The first-order valence-corrected chi connectivity index (χ1v) is 4.25. The van der Waals surface area contributed by atoms with Crippen LogP contribution in [0.2, 0.25) is 0 Å². The molecule has 0 saturated carbocycles. The summed E-state index contributed by atoms with van der Waals surface area (Å²) in [5, 5.41) is 0. The molecule has 78 valence electrons. The molecule has 0 radical (unpaired) electrons. The van der Waals surface area contributed by atoms with E-state index < -0.39 is 5.97 Å². The first-order valence-electron chi connectivity index (χ1n) is 4.25. The van der Waals surface area contributed by atoms with E-state index in [1.807, 2.05) is 0 Å². The van der Waals surface area contributed by atoms with Crippen molar-refractivity contribution in [3.05, 3.63) is 37.0 Å². The molecular weight excluding hydrogens is 180 g/mol. The highest BCUT2D eigenvalue weighted by atomic mass is 16.5. The van der Waals surface area contributed by atoms with Gasteiger partial charge in [-0.2, -0.15) is 0 Å². The maximum atomic E-state index is 11.2. The number of carbonyl (C=O) groups is 1. The Morgan fingerprint density at radius 3 is 2.50 bits per heavy atom. The molecule has 0 spiro atoms. The van der Waals surface area contributed by atoms with Gasteiger partial charge in [0, 0.05) is 0 Å². The van der Waals surface area contributed by atoms with Crippen LogP contribution in [0.3, 0.4) is 0 Å². The molecule has 0 aromatic rings. The normalized spacial score (nSPS) is 9.21. The van der Waals surface area contributed by atoms with Crippen LogP contribution in [-0.2, 0) is 14.3 Å². The number of rotatable bonds is 7. The van der Waals surface area contributed by atoms with Crippen molar-refractivity contribution in [1.82, 2.24) is 0 Å². The van der Waals surface area contributed by atoms with E-state index in [1.165, 1.54) is 0 Å². The summed E-state index contributed by atoms with van der Waals surface area (Å²) in [4.78, 5) is 11.2. The summed E-state index contributed by atoms with van der Waals surface area (Å²) in [6.07, 6.45) is 1.60. The average molecular weight is 196 g/mol. The van der Waals surface area contributed by atoms with E-state index in [-0.39, 0.29) is 13.2 Å². The smallest absolute Gasteiger partial charge is 0.336 e. The van der Waals surface area contributed by atoms with Gasteiger partial charge in [-0.05, 0) is 12.5 Å². The Morgan fingerprint density at radius 2 is 2.00 bits per heavy atom. The highest BCUT2D eigenvalue weighted by Gasteiger charge is 2.07. The molecule has 0 aromatic carbocycles.